The van der Waals surface area contributed by atoms with Crippen molar-refractivity contribution in [3.63, 3.8) is 0 Å². The van der Waals surface area contributed by atoms with Gasteiger partial charge in [-0.2, -0.15) is 0 Å². The van der Waals surface area contributed by atoms with Gasteiger partial charge in [-0.25, -0.2) is 4.79 Å². The molecule has 3 N–H and O–H groups in total. The van der Waals surface area contributed by atoms with Gasteiger partial charge >= 0.3 is 6.09 Å². The van der Waals surface area contributed by atoms with Gasteiger partial charge in [-0.05, 0) is 46.5 Å². The van der Waals surface area contributed by atoms with E-state index >= 15 is 0 Å². The lowest BCUT2D eigenvalue weighted by molar-refractivity contribution is -0.122. The number of piperidine rings is 1. The Bertz CT molecular complexity index is 568. The van der Waals surface area contributed by atoms with Crippen molar-refractivity contribution in [2.45, 2.75) is 71.9 Å². The number of hydrogen-bond donors (Lipinski definition) is 3. The number of carbonyl (C=O) groups excluding carboxylic acids is 2. The van der Waals surface area contributed by atoms with Gasteiger partial charge in [0, 0.05) is 52.4 Å². The second-order valence-electron chi connectivity index (χ2n) is 9.01. The highest BCUT2D eigenvalue weighted by Gasteiger charge is 2.23. The molecule has 1 heterocycles. The molecule has 1 rings (SSSR count). The number of likely N-dealkylation sites (tertiary alicyclic amines) is 1. The van der Waals surface area contributed by atoms with Crippen molar-refractivity contribution in [3.05, 3.63) is 0 Å². The lowest BCUT2D eigenvalue weighted by Crippen LogP contribution is -2.51. The minimum Gasteiger partial charge on any atom is -0.444 e. The molecule has 0 aromatic rings. The van der Waals surface area contributed by atoms with E-state index in [4.69, 9.17) is 4.74 Å². The Morgan fingerprint density at radius 1 is 1.06 bits per heavy atom. The molecule has 0 unspecified atom stereocenters. The van der Waals surface area contributed by atoms with Gasteiger partial charge in [0.05, 0.1) is 6.54 Å². The summed E-state index contributed by atoms with van der Waals surface area (Å²) in [6, 6.07) is 0.318. The van der Waals surface area contributed by atoms with Crippen LogP contribution in [0.15, 0.2) is 4.99 Å². The van der Waals surface area contributed by atoms with Gasteiger partial charge < -0.3 is 25.6 Å². The van der Waals surface area contributed by atoms with E-state index < -0.39 is 5.60 Å². The summed E-state index contributed by atoms with van der Waals surface area (Å²) in [5.74, 6) is 0.840. The Morgan fingerprint density at radius 2 is 1.74 bits per heavy atom. The van der Waals surface area contributed by atoms with Crippen LogP contribution in [0.4, 0.5) is 4.79 Å². The monoisotopic (exact) mass is 440 g/mol. The Morgan fingerprint density at radius 3 is 2.29 bits per heavy atom. The van der Waals surface area contributed by atoms with Crippen molar-refractivity contribution >= 4 is 18.0 Å². The fraction of sp³-hybridized carbons (Fsp3) is 0.864. The lowest BCUT2D eigenvalue weighted by atomic mass is 10.1. The summed E-state index contributed by atoms with van der Waals surface area (Å²) >= 11 is 0. The molecular formula is C22H44N6O3. The smallest absolute Gasteiger partial charge is 0.410 e. The maximum Gasteiger partial charge on any atom is 0.410 e. The van der Waals surface area contributed by atoms with Gasteiger partial charge in [0.25, 0.3) is 0 Å². The number of aliphatic imine (C=N–C) groups is 1. The number of rotatable bonds is 10. The van der Waals surface area contributed by atoms with Crippen molar-refractivity contribution < 1.29 is 14.3 Å². The van der Waals surface area contributed by atoms with E-state index in [9.17, 15) is 9.59 Å². The van der Waals surface area contributed by atoms with E-state index in [2.05, 4.69) is 32.8 Å². The van der Waals surface area contributed by atoms with Gasteiger partial charge in [0.2, 0.25) is 5.91 Å². The van der Waals surface area contributed by atoms with Crippen molar-refractivity contribution in [2.75, 3.05) is 52.9 Å². The molecule has 1 aliphatic heterocycles. The van der Waals surface area contributed by atoms with Crippen LogP contribution in [-0.2, 0) is 9.53 Å². The van der Waals surface area contributed by atoms with Crippen LogP contribution >= 0.6 is 0 Å². The molecule has 1 fully saturated rings. The molecule has 180 valence electrons. The highest BCUT2D eigenvalue weighted by atomic mass is 16.6. The highest BCUT2D eigenvalue weighted by molar-refractivity contribution is 5.80. The largest absolute Gasteiger partial charge is 0.444 e. The zero-order chi connectivity index (χ0) is 23.3. The standard InChI is InChI=1S/C22H44N6O3/c1-7-11-24-19(29)17-27-14-9-18(10-15-27)26-20(23-6)25-12-16-28(13-8-2)21(30)31-22(3,4)5/h18H,7-17H2,1-6H3,(H,24,29)(H2,23,25,26). The Hall–Kier alpha value is -2.03. The van der Waals surface area contributed by atoms with Crippen molar-refractivity contribution in [1.29, 1.82) is 0 Å². The third-order valence-corrected chi connectivity index (χ3v) is 4.91. The SMILES string of the molecule is CCCNC(=O)CN1CCC(NC(=NC)NCCN(CCC)C(=O)OC(C)(C)C)CC1. The maximum atomic E-state index is 12.4. The second-order valence-corrected chi connectivity index (χ2v) is 9.01. The van der Waals surface area contributed by atoms with Crippen molar-refractivity contribution in [3.8, 4) is 0 Å². The first-order valence-electron chi connectivity index (χ1n) is 11.6. The molecule has 0 aromatic heterocycles. The van der Waals surface area contributed by atoms with Gasteiger partial charge in [-0.3, -0.25) is 14.7 Å². The quantitative estimate of drug-likeness (QED) is 0.354. The Balaban J connectivity index is 2.37. The molecule has 0 saturated carbocycles. The zero-order valence-electron chi connectivity index (χ0n) is 20.4. The summed E-state index contributed by atoms with van der Waals surface area (Å²) in [5, 5.41) is 9.70. The molecule has 9 heteroatoms. The molecule has 1 aliphatic rings. The van der Waals surface area contributed by atoms with E-state index in [1.807, 2.05) is 27.7 Å². The number of guanidine groups is 1. The van der Waals surface area contributed by atoms with Crippen LogP contribution in [-0.4, -0.2) is 92.3 Å². The lowest BCUT2D eigenvalue weighted by Gasteiger charge is -2.32. The van der Waals surface area contributed by atoms with Gasteiger partial charge in [0.1, 0.15) is 5.60 Å². The summed E-state index contributed by atoms with van der Waals surface area (Å²) in [4.78, 5) is 32.5. The molecule has 0 atom stereocenters. The number of nitrogens with one attached hydrogen (secondary N) is 3. The molecule has 2 amide bonds. The number of hydrogen-bond acceptors (Lipinski definition) is 5. The fourth-order valence-electron chi connectivity index (χ4n) is 3.35. The van der Waals surface area contributed by atoms with E-state index in [1.165, 1.54) is 0 Å². The molecule has 0 radical (unpaired) electrons. The first-order valence-corrected chi connectivity index (χ1v) is 11.6. The molecule has 0 aromatic carbocycles. The number of carbonyl (C=O) groups is 2. The fourth-order valence-corrected chi connectivity index (χ4v) is 3.35. The first kappa shape index (κ1) is 27.0. The van der Waals surface area contributed by atoms with Gasteiger partial charge in [-0.15, -0.1) is 0 Å². The molecule has 1 saturated heterocycles. The molecule has 0 aliphatic carbocycles. The average Bonchev–Trinajstić information content (AvgIpc) is 2.70. The first-order chi connectivity index (χ1) is 14.7. The maximum absolute atomic E-state index is 12.4. The summed E-state index contributed by atoms with van der Waals surface area (Å²) in [7, 11) is 1.75. The summed E-state index contributed by atoms with van der Waals surface area (Å²) < 4.78 is 5.50. The predicted molar refractivity (Wildman–Crippen MR) is 125 cm³/mol. The predicted octanol–water partition coefficient (Wildman–Crippen LogP) is 1.79. The van der Waals surface area contributed by atoms with Crippen LogP contribution in [0, 0.1) is 0 Å². The van der Waals surface area contributed by atoms with Crippen LogP contribution < -0.4 is 16.0 Å². The highest BCUT2D eigenvalue weighted by Crippen LogP contribution is 2.11. The third kappa shape index (κ3) is 11.8. The van der Waals surface area contributed by atoms with Gasteiger partial charge in [-0.1, -0.05) is 13.8 Å². The third-order valence-electron chi connectivity index (χ3n) is 4.91. The van der Waals surface area contributed by atoms with Crippen LogP contribution in [0.3, 0.4) is 0 Å². The molecule has 0 bridgehead atoms. The molecule has 31 heavy (non-hydrogen) atoms. The van der Waals surface area contributed by atoms with Crippen molar-refractivity contribution in [2.24, 2.45) is 4.99 Å². The van der Waals surface area contributed by atoms with E-state index in [0.29, 0.717) is 32.2 Å². The van der Waals surface area contributed by atoms with Gasteiger partial charge in [0.15, 0.2) is 5.96 Å². The normalized spacial score (nSPS) is 16.0. The second kappa shape index (κ2) is 14.1. The average molecular weight is 441 g/mol. The minimum atomic E-state index is -0.500. The van der Waals surface area contributed by atoms with E-state index in [0.717, 1.165) is 51.3 Å². The number of amides is 2. The van der Waals surface area contributed by atoms with Crippen LogP contribution in [0.25, 0.3) is 0 Å². The zero-order valence-corrected chi connectivity index (χ0v) is 20.4. The topological polar surface area (TPSA) is 98.3 Å². The summed E-state index contributed by atoms with van der Waals surface area (Å²) in [5.41, 5.74) is -0.500. The minimum absolute atomic E-state index is 0.104. The molecule has 0 spiro atoms. The van der Waals surface area contributed by atoms with E-state index in [1.54, 1.807) is 11.9 Å². The molecular weight excluding hydrogens is 396 g/mol. The Labute approximate surface area is 188 Å². The van der Waals surface area contributed by atoms with Crippen LogP contribution in [0.2, 0.25) is 0 Å². The van der Waals surface area contributed by atoms with Crippen LogP contribution in [0.1, 0.15) is 60.3 Å². The molecule has 9 nitrogen and oxygen atoms in total. The van der Waals surface area contributed by atoms with E-state index in [-0.39, 0.29) is 12.0 Å². The summed E-state index contributed by atoms with van der Waals surface area (Å²) in [6.45, 7) is 14.5. The Kier molecular flexibility index (Phi) is 12.3. The summed E-state index contributed by atoms with van der Waals surface area (Å²) in [6.07, 6.45) is 3.47. The number of nitrogens with zero attached hydrogens (tertiary/aromatic N) is 3. The van der Waals surface area contributed by atoms with Crippen molar-refractivity contribution in [1.82, 2.24) is 25.8 Å². The van der Waals surface area contributed by atoms with Crippen LogP contribution in [0.5, 0.6) is 0 Å². The number of ether oxygens (including phenoxy) is 1.